The highest BCUT2D eigenvalue weighted by molar-refractivity contribution is 7.20. The van der Waals surface area contributed by atoms with E-state index in [0.29, 0.717) is 39.2 Å². The molecule has 0 aliphatic carbocycles. The van der Waals surface area contributed by atoms with Crippen molar-refractivity contribution in [2.24, 2.45) is 5.73 Å². The highest BCUT2D eigenvalue weighted by atomic mass is 35.5. The van der Waals surface area contributed by atoms with Crippen LogP contribution in [0.25, 0.3) is 11.5 Å². The number of aromatic nitrogens is 2. The SMILES string of the molecule is CCCOCC(C)(N)c1noc(-c2cc(Cl)sc2Cl)n1. The molecule has 1 atom stereocenters. The molecule has 2 aromatic rings. The predicted octanol–water partition coefficient (Wildman–Crippen LogP) is 3.71. The minimum atomic E-state index is -0.816. The topological polar surface area (TPSA) is 74.2 Å². The summed E-state index contributed by atoms with van der Waals surface area (Å²) in [5.74, 6) is 0.683. The molecule has 0 radical (unpaired) electrons. The second-order valence-corrected chi connectivity index (χ2v) is 6.92. The van der Waals surface area contributed by atoms with Crippen molar-refractivity contribution >= 4 is 34.5 Å². The zero-order chi connectivity index (χ0) is 14.8. The van der Waals surface area contributed by atoms with Crippen LogP contribution in [-0.2, 0) is 10.3 Å². The molecular formula is C12H15Cl2N3O2S. The van der Waals surface area contributed by atoms with Gasteiger partial charge in [-0.05, 0) is 19.4 Å². The lowest BCUT2D eigenvalue weighted by Gasteiger charge is -2.19. The molecule has 0 aliphatic rings. The molecule has 1 unspecified atom stereocenters. The summed E-state index contributed by atoms with van der Waals surface area (Å²) in [5.41, 5.74) is 5.95. The average molecular weight is 336 g/mol. The van der Waals surface area contributed by atoms with E-state index < -0.39 is 5.54 Å². The van der Waals surface area contributed by atoms with Crippen LogP contribution in [0.15, 0.2) is 10.6 Å². The van der Waals surface area contributed by atoms with E-state index in [-0.39, 0.29) is 0 Å². The summed E-state index contributed by atoms with van der Waals surface area (Å²) in [7, 11) is 0. The van der Waals surface area contributed by atoms with Gasteiger partial charge in [-0.1, -0.05) is 35.3 Å². The molecule has 0 aromatic carbocycles. The van der Waals surface area contributed by atoms with E-state index in [9.17, 15) is 0 Å². The van der Waals surface area contributed by atoms with Gasteiger partial charge in [0.25, 0.3) is 5.89 Å². The predicted molar refractivity (Wildman–Crippen MR) is 80.3 cm³/mol. The summed E-state index contributed by atoms with van der Waals surface area (Å²) in [6.45, 7) is 4.78. The van der Waals surface area contributed by atoms with Gasteiger partial charge in [0.15, 0.2) is 5.82 Å². The van der Waals surface area contributed by atoms with Crippen molar-refractivity contribution in [2.45, 2.75) is 25.8 Å². The molecule has 0 spiro atoms. The Balaban J connectivity index is 2.18. The van der Waals surface area contributed by atoms with Gasteiger partial charge >= 0.3 is 0 Å². The third-order valence-electron chi connectivity index (χ3n) is 2.57. The minimum Gasteiger partial charge on any atom is -0.379 e. The van der Waals surface area contributed by atoms with Crippen LogP contribution in [0.5, 0.6) is 0 Å². The molecule has 5 nitrogen and oxygen atoms in total. The zero-order valence-electron chi connectivity index (χ0n) is 11.2. The zero-order valence-corrected chi connectivity index (χ0v) is 13.5. The molecule has 0 saturated carbocycles. The van der Waals surface area contributed by atoms with Crippen molar-refractivity contribution in [2.75, 3.05) is 13.2 Å². The molecule has 2 N–H and O–H groups in total. The van der Waals surface area contributed by atoms with Gasteiger partial charge < -0.3 is 15.0 Å². The molecule has 2 rings (SSSR count). The Morgan fingerprint density at radius 2 is 2.25 bits per heavy atom. The Kier molecular flexibility index (Phi) is 5.04. The Morgan fingerprint density at radius 1 is 1.50 bits per heavy atom. The number of nitrogens with two attached hydrogens (primary N) is 1. The quantitative estimate of drug-likeness (QED) is 0.814. The van der Waals surface area contributed by atoms with Gasteiger partial charge in [0.1, 0.15) is 9.88 Å². The summed E-state index contributed by atoms with van der Waals surface area (Å²) >= 11 is 13.2. The Morgan fingerprint density at radius 3 is 2.85 bits per heavy atom. The molecule has 0 aliphatic heterocycles. The monoisotopic (exact) mass is 335 g/mol. The van der Waals surface area contributed by atoms with E-state index in [1.54, 1.807) is 13.0 Å². The lowest BCUT2D eigenvalue weighted by molar-refractivity contribution is 0.0867. The molecule has 0 amide bonds. The van der Waals surface area contributed by atoms with Crippen LogP contribution in [0.1, 0.15) is 26.1 Å². The maximum atomic E-state index is 6.15. The lowest BCUT2D eigenvalue weighted by Crippen LogP contribution is -2.39. The number of hydrogen-bond donors (Lipinski definition) is 1. The van der Waals surface area contributed by atoms with E-state index in [4.69, 9.17) is 38.2 Å². The number of ether oxygens (including phenoxy) is 1. The van der Waals surface area contributed by atoms with Gasteiger partial charge in [-0.2, -0.15) is 4.98 Å². The molecule has 0 saturated heterocycles. The molecule has 2 heterocycles. The highest BCUT2D eigenvalue weighted by Crippen LogP contribution is 2.37. The standard InChI is InChI=1S/C12H15Cl2N3O2S/c1-3-4-18-6-12(2,15)11-16-10(19-17-11)7-5-8(13)20-9(7)14/h5H,3-4,6,15H2,1-2H3. The highest BCUT2D eigenvalue weighted by Gasteiger charge is 2.29. The summed E-state index contributed by atoms with van der Waals surface area (Å²) in [6.07, 6.45) is 0.927. The largest absolute Gasteiger partial charge is 0.379 e. The summed E-state index contributed by atoms with van der Waals surface area (Å²) in [6, 6.07) is 1.69. The molecule has 110 valence electrons. The van der Waals surface area contributed by atoms with Gasteiger partial charge in [0.05, 0.1) is 16.5 Å². The molecular weight excluding hydrogens is 321 g/mol. The van der Waals surface area contributed by atoms with Crippen LogP contribution in [0.3, 0.4) is 0 Å². The van der Waals surface area contributed by atoms with Crippen LogP contribution in [0.2, 0.25) is 8.67 Å². The van der Waals surface area contributed by atoms with Crippen LogP contribution < -0.4 is 5.73 Å². The second kappa shape index (κ2) is 6.41. The van der Waals surface area contributed by atoms with E-state index in [2.05, 4.69) is 10.1 Å². The third-order valence-corrected chi connectivity index (χ3v) is 4.06. The van der Waals surface area contributed by atoms with E-state index in [0.717, 1.165) is 6.42 Å². The fourth-order valence-electron chi connectivity index (χ4n) is 1.54. The van der Waals surface area contributed by atoms with Gasteiger partial charge in [-0.25, -0.2) is 0 Å². The fraction of sp³-hybridized carbons (Fsp3) is 0.500. The van der Waals surface area contributed by atoms with Crippen LogP contribution in [-0.4, -0.2) is 23.4 Å². The van der Waals surface area contributed by atoms with Crippen LogP contribution in [0.4, 0.5) is 0 Å². The van der Waals surface area contributed by atoms with Crippen molar-refractivity contribution in [3.05, 3.63) is 20.6 Å². The van der Waals surface area contributed by atoms with Gasteiger partial charge in [-0.3, -0.25) is 0 Å². The van der Waals surface area contributed by atoms with E-state index in [1.165, 1.54) is 11.3 Å². The fourth-order valence-corrected chi connectivity index (χ4v) is 2.99. The van der Waals surface area contributed by atoms with Crippen molar-refractivity contribution in [3.8, 4) is 11.5 Å². The average Bonchev–Trinajstić information content (AvgIpc) is 2.96. The van der Waals surface area contributed by atoms with Crippen molar-refractivity contribution < 1.29 is 9.26 Å². The first-order chi connectivity index (χ1) is 9.44. The third kappa shape index (κ3) is 3.51. The second-order valence-electron chi connectivity index (χ2n) is 4.63. The van der Waals surface area contributed by atoms with Gasteiger partial charge in [0, 0.05) is 6.61 Å². The van der Waals surface area contributed by atoms with Gasteiger partial charge in [0.2, 0.25) is 0 Å². The van der Waals surface area contributed by atoms with Crippen molar-refractivity contribution in [1.82, 2.24) is 10.1 Å². The first-order valence-electron chi connectivity index (χ1n) is 6.10. The summed E-state index contributed by atoms with van der Waals surface area (Å²) in [4.78, 5) is 4.29. The van der Waals surface area contributed by atoms with Crippen molar-refractivity contribution in [1.29, 1.82) is 0 Å². The van der Waals surface area contributed by atoms with Crippen LogP contribution in [0, 0.1) is 0 Å². The minimum absolute atomic E-state index is 0.306. The number of thiophene rings is 1. The summed E-state index contributed by atoms with van der Waals surface area (Å²) < 4.78 is 11.7. The van der Waals surface area contributed by atoms with E-state index >= 15 is 0 Å². The molecule has 0 bridgehead atoms. The number of rotatable bonds is 6. The number of nitrogens with zero attached hydrogens (tertiary/aromatic N) is 2. The van der Waals surface area contributed by atoms with Crippen LogP contribution >= 0.6 is 34.5 Å². The molecule has 8 heteroatoms. The Hall–Kier alpha value is -0.660. The normalized spacial score (nSPS) is 14.4. The maximum Gasteiger partial charge on any atom is 0.260 e. The van der Waals surface area contributed by atoms with Crippen molar-refractivity contribution in [3.63, 3.8) is 0 Å². The van der Waals surface area contributed by atoms with E-state index in [1.807, 2.05) is 6.92 Å². The molecule has 20 heavy (non-hydrogen) atoms. The first kappa shape index (κ1) is 15.7. The number of hydrogen-bond acceptors (Lipinski definition) is 6. The lowest BCUT2D eigenvalue weighted by atomic mass is 10.1. The smallest absolute Gasteiger partial charge is 0.260 e. The van der Waals surface area contributed by atoms with Gasteiger partial charge in [-0.15, -0.1) is 11.3 Å². The molecule has 0 fully saturated rings. The first-order valence-corrected chi connectivity index (χ1v) is 7.67. The summed E-state index contributed by atoms with van der Waals surface area (Å²) in [5, 5.41) is 3.91. The molecule has 2 aromatic heterocycles. The Bertz CT molecular complexity index is 583. The number of halogens is 2. The maximum absolute atomic E-state index is 6.15. The Labute approximate surface area is 131 Å².